The SMILES string of the molecule is CCCCCCCCC(CCCCCC)C(=O)OCCCN(CCCOC(=O)C(CCCCCC)CCCCCCCC)Cc1cnc(N)[nH]1. The van der Waals surface area contributed by atoms with Gasteiger partial charge >= 0.3 is 11.9 Å². The van der Waals surface area contributed by atoms with Crippen LogP contribution in [0.25, 0.3) is 0 Å². The van der Waals surface area contributed by atoms with Gasteiger partial charge in [-0.25, -0.2) is 4.98 Å². The third-order valence-electron chi connectivity index (χ3n) is 10.1. The van der Waals surface area contributed by atoms with Gasteiger partial charge in [-0.15, -0.1) is 0 Å². The summed E-state index contributed by atoms with van der Waals surface area (Å²) < 4.78 is 11.8. The minimum absolute atomic E-state index is 0.0138. The molecule has 50 heavy (non-hydrogen) atoms. The first-order valence-electron chi connectivity index (χ1n) is 21.3. The van der Waals surface area contributed by atoms with Crippen molar-refractivity contribution in [2.45, 2.75) is 201 Å². The van der Waals surface area contributed by atoms with E-state index in [0.29, 0.717) is 25.7 Å². The summed E-state index contributed by atoms with van der Waals surface area (Å²) in [4.78, 5) is 35.9. The number of nitrogen functional groups attached to an aromatic ring is 1. The van der Waals surface area contributed by atoms with Gasteiger partial charge < -0.3 is 20.2 Å². The number of aromatic nitrogens is 2. The lowest BCUT2D eigenvalue weighted by Gasteiger charge is -2.22. The third-order valence-corrected chi connectivity index (χ3v) is 10.1. The van der Waals surface area contributed by atoms with E-state index in [0.717, 1.165) is 83.0 Å². The summed E-state index contributed by atoms with van der Waals surface area (Å²) in [6, 6.07) is 0. The molecule has 2 atom stereocenters. The first-order valence-corrected chi connectivity index (χ1v) is 21.3. The number of nitrogens with one attached hydrogen (secondary N) is 1. The number of imidazole rings is 1. The van der Waals surface area contributed by atoms with Gasteiger partial charge in [-0.2, -0.15) is 0 Å². The Morgan fingerprint density at radius 3 is 1.32 bits per heavy atom. The molecule has 0 spiro atoms. The maximum absolute atomic E-state index is 13.2. The van der Waals surface area contributed by atoms with Gasteiger partial charge in [0, 0.05) is 19.6 Å². The molecule has 292 valence electrons. The number of carbonyl (C=O) groups is 2. The Hall–Kier alpha value is -2.09. The minimum Gasteiger partial charge on any atom is -0.465 e. The van der Waals surface area contributed by atoms with Crippen LogP contribution in [0.5, 0.6) is 0 Å². The Bertz CT molecular complexity index is 871. The Kier molecular flexibility index (Phi) is 30.1. The number of ether oxygens (including phenoxy) is 2. The molecule has 1 aromatic rings. The topological polar surface area (TPSA) is 111 Å². The second-order valence-electron chi connectivity index (χ2n) is 14.8. The maximum atomic E-state index is 13.2. The highest BCUT2D eigenvalue weighted by Gasteiger charge is 2.21. The molecule has 0 amide bonds. The second kappa shape index (κ2) is 32.8. The number of carbonyl (C=O) groups excluding carboxylic acids is 2. The van der Waals surface area contributed by atoms with E-state index in [1.807, 2.05) is 0 Å². The standard InChI is InChI=1S/C42H80N4O4/c1-5-9-13-17-19-23-29-37(27-21-15-11-7-3)40(47)49-33-25-31-46(36-39-35-44-42(43)45-39)32-26-34-50-41(48)38(28-22-16-12-8-4)30-24-20-18-14-10-6-2/h35,37-38H,5-34,36H2,1-4H3,(H3,43,44,45). The molecule has 8 nitrogen and oxygen atoms in total. The number of aromatic amines is 1. The van der Waals surface area contributed by atoms with Crippen LogP contribution in [-0.4, -0.2) is 53.1 Å². The summed E-state index contributed by atoms with van der Waals surface area (Å²) in [6.45, 7) is 12.0. The van der Waals surface area contributed by atoms with Gasteiger partial charge in [-0.3, -0.25) is 14.5 Å². The average molecular weight is 705 g/mol. The molecule has 0 saturated heterocycles. The monoisotopic (exact) mass is 705 g/mol. The molecule has 0 fully saturated rings. The number of hydrogen-bond acceptors (Lipinski definition) is 7. The Morgan fingerprint density at radius 1 is 0.600 bits per heavy atom. The molecule has 0 aliphatic rings. The van der Waals surface area contributed by atoms with E-state index in [9.17, 15) is 9.59 Å². The lowest BCUT2D eigenvalue weighted by molar-refractivity contribution is -0.150. The van der Waals surface area contributed by atoms with Crippen LogP contribution in [-0.2, 0) is 25.6 Å². The first kappa shape index (κ1) is 45.9. The largest absolute Gasteiger partial charge is 0.465 e. The Balaban J connectivity index is 2.59. The van der Waals surface area contributed by atoms with Crippen molar-refractivity contribution in [1.29, 1.82) is 0 Å². The van der Waals surface area contributed by atoms with E-state index in [1.165, 1.54) is 103 Å². The zero-order valence-electron chi connectivity index (χ0n) is 33.3. The van der Waals surface area contributed by atoms with E-state index in [2.05, 4.69) is 42.6 Å². The fraction of sp³-hybridized carbons (Fsp3) is 0.881. The molecule has 3 N–H and O–H groups in total. The van der Waals surface area contributed by atoms with Gasteiger partial charge in [0.25, 0.3) is 0 Å². The number of esters is 2. The lowest BCUT2D eigenvalue weighted by Crippen LogP contribution is -2.29. The smallest absolute Gasteiger partial charge is 0.308 e. The molecule has 0 aliphatic heterocycles. The zero-order valence-corrected chi connectivity index (χ0v) is 33.3. The highest BCUT2D eigenvalue weighted by Crippen LogP contribution is 2.22. The van der Waals surface area contributed by atoms with Crippen LogP contribution in [0.15, 0.2) is 6.20 Å². The number of nitrogens with zero attached hydrogens (tertiary/aromatic N) is 2. The molecule has 1 heterocycles. The molecule has 1 aromatic heterocycles. The van der Waals surface area contributed by atoms with Gasteiger partial charge in [0.1, 0.15) is 0 Å². The van der Waals surface area contributed by atoms with Crippen molar-refractivity contribution < 1.29 is 19.1 Å². The predicted octanol–water partition coefficient (Wildman–Crippen LogP) is 11.3. The molecule has 1 rings (SSSR count). The number of rotatable bonds is 36. The summed E-state index contributed by atoms with van der Waals surface area (Å²) in [6.07, 6.45) is 31.4. The molecule has 8 heteroatoms. The van der Waals surface area contributed by atoms with Gasteiger partial charge in [-0.1, -0.05) is 156 Å². The molecule has 0 bridgehead atoms. The maximum Gasteiger partial charge on any atom is 0.308 e. The molecule has 0 aromatic carbocycles. The van der Waals surface area contributed by atoms with E-state index in [4.69, 9.17) is 15.2 Å². The molecule has 0 radical (unpaired) electrons. The lowest BCUT2D eigenvalue weighted by atomic mass is 9.94. The average Bonchev–Trinajstić information content (AvgIpc) is 3.53. The number of nitrogens with two attached hydrogens (primary N) is 1. The molecule has 0 aliphatic carbocycles. The van der Waals surface area contributed by atoms with E-state index in [1.54, 1.807) is 6.20 Å². The molecular weight excluding hydrogens is 624 g/mol. The van der Waals surface area contributed by atoms with Crippen LogP contribution < -0.4 is 5.73 Å². The van der Waals surface area contributed by atoms with Crippen molar-refractivity contribution in [3.8, 4) is 0 Å². The van der Waals surface area contributed by atoms with Crippen molar-refractivity contribution in [3.63, 3.8) is 0 Å². The van der Waals surface area contributed by atoms with Gasteiger partial charge in [0.15, 0.2) is 5.95 Å². The van der Waals surface area contributed by atoms with Crippen LogP contribution in [0.1, 0.15) is 200 Å². The van der Waals surface area contributed by atoms with Crippen molar-refractivity contribution in [3.05, 3.63) is 11.9 Å². The van der Waals surface area contributed by atoms with Crippen LogP contribution in [0, 0.1) is 11.8 Å². The molecule has 0 saturated carbocycles. The molecular formula is C42H80N4O4. The van der Waals surface area contributed by atoms with Crippen LogP contribution in [0.3, 0.4) is 0 Å². The summed E-state index contributed by atoms with van der Waals surface area (Å²) in [7, 11) is 0. The number of hydrogen-bond donors (Lipinski definition) is 2. The van der Waals surface area contributed by atoms with Crippen molar-refractivity contribution in [2.75, 3.05) is 32.0 Å². The van der Waals surface area contributed by atoms with Crippen molar-refractivity contribution in [2.24, 2.45) is 11.8 Å². The van der Waals surface area contributed by atoms with E-state index >= 15 is 0 Å². The highest BCUT2D eigenvalue weighted by atomic mass is 16.5. The summed E-state index contributed by atoms with van der Waals surface area (Å²) in [5.74, 6) is 0.426. The second-order valence-corrected chi connectivity index (χ2v) is 14.8. The number of anilines is 1. The minimum atomic E-state index is -0.0138. The van der Waals surface area contributed by atoms with Crippen LogP contribution in [0.2, 0.25) is 0 Å². The van der Waals surface area contributed by atoms with Gasteiger partial charge in [0.05, 0.1) is 36.9 Å². The Morgan fingerprint density at radius 2 is 0.960 bits per heavy atom. The summed E-state index contributed by atoms with van der Waals surface area (Å²) in [5.41, 5.74) is 6.81. The first-order chi connectivity index (χ1) is 24.4. The summed E-state index contributed by atoms with van der Waals surface area (Å²) in [5, 5.41) is 0. The normalized spacial score (nSPS) is 12.7. The van der Waals surface area contributed by atoms with Crippen LogP contribution in [0.4, 0.5) is 5.95 Å². The van der Waals surface area contributed by atoms with Gasteiger partial charge in [-0.05, 0) is 38.5 Å². The summed E-state index contributed by atoms with van der Waals surface area (Å²) >= 11 is 0. The highest BCUT2D eigenvalue weighted by molar-refractivity contribution is 5.72. The number of H-pyrrole nitrogens is 1. The zero-order chi connectivity index (χ0) is 36.5. The van der Waals surface area contributed by atoms with Crippen molar-refractivity contribution >= 4 is 17.9 Å². The fourth-order valence-corrected chi connectivity index (χ4v) is 6.86. The third kappa shape index (κ3) is 25.0. The van der Waals surface area contributed by atoms with Crippen molar-refractivity contribution in [1.82, 2.24) is 14.9 Å². The predicted molar refractivity (Wildman–Crippen MR) is 210 cm³/mol. The van der Waals surface area contributed by atoms with E-state index < -0.39 is 0 Å². The fourth-order valence-electron chi connectivity index (χ4n) is 6.86. The van der Waals surface area contributed by atoms with Gasteiger partial charge in [0.2, 0.25) is 0 Å². The van der Waals surface area contributed by atoms with Crippen LogP contribution >= 0.6 is 0 Å². The Labute approximate surface area is 308 Å². The number of unbranched alkanes of at least 4 members (excludes halogenated alkanes) is 16. The van der Waals surface area contributed by atoms with E-state index in [-0.39, 0.29) is 23.8 Å². The quantitative estimate of drug-likeness (QED) is 0.0528. The molecule has 2 unspecified atom stereocenters.